The van der Waals surface area contributed by atoms with Crippen LogP contribution in [-0.2, 0) is 4.74 Å². The number of aliphatic hydroxyl groups is 2. The summed E-state index contributed by atoms with van der Waals surface area (Å²) in [5.74, 6) is 0.474. The Morgan fingerprint density at radius 3 is 2.78 bits per heavy atom. The van der Waals surface area contributed by atoms with E-state index in [4.69, 9.17) is 16.3 Å². The first-order chi connectivity index (χ1) is 11.2. The Balaban J connectivity index is 1.80. The van der Waals surface area contributed by atoms with Gasteiger partial charge in [0.1, 0.15) is 29.5 Å². The van der Waals surface area contributed by atoms with E-state index in [9.17, 15) is 10.2 Å². The number of hydrogen-bond acceptors (Lipinski definition) is 5. The summed E-state index contributed by atoms with van der Waals surface area (Å²) in [6.07, 6.45) is 7.13. The third-order valence-electron chi connectivity index (χ3n) is 5.08. The molecule has 2 fully saturated rings. The van der Waals surface area contributed by atoms with Gasteiger partial charge in [-0.15, -0.1) is 0 Å². The number of rotatable bonds is 3. The molecule has 0 spiro atoms. The second-order valence-electron chi connectivity index (χ2n) is 6.45. The van der Waals surface area contributed by atoms with Crippen molar-refractivity contribution in [1.82, 2.24) is 14.5 Å². The summed E-state index contributed by atoms with van der Waals surface area (Å²) in [6, 6.07) is 0. The van der Waals surface area contributed by atoms with Crippen LogP contribution in [0.1, 0.15) is 49.8 Å². The molecule has 2 N–H and O–H groups in total. The van der Waals surface area contributed by atoms with Gasteiger partial charge in [-0.2, -0.15) is 0 Å². The summed E-state index contributed by atoms with van der Waals surface area (Å²) >= 11 is 6.35. The summed E-state index contributed by atoms with van der Waals surface area (Å²) in [6.45, 7) is -0.192. The normalized spacial score (nSPS) is 28.9. The van der Waals surface area contributed by atoms with Gasteiger partial charge in [0.15, 0.2) is 0 Å². The van der Waals surface area contributed by atoms with Gasteiger partial charge in [-0.25, -0.2) is 9.97 Å². The van der Waals surface area contributed by atoms with Gasteiger partial charge in [-0.3, -0.25) is 0 Å². The summed E-state index contributed by atoms with van der Waals surface area (Å²) in [4.78, 5) is 8.53. The van der Waals surface area contributed by atoms with Gasteiger partial charge < -0.3 is 19.5 Å². The van der Waals surface area contributed by atoms with Crippen LogP contribution >= 0.6 is 11.6 Å². The first-order valence-electron chi connectivity index (χ1n) is 8.14. The Kier molecular flexibility index (Phi) is 4.01. The number of hydrogen-bond donors (Lipinski definition) is 2. The molecule has 0 unspecified atom stereocenters. The van der Waals surface area contributed by atoms with E-state index in [1.807, 2.05) is 4.57 Å². The first kappa shape index (κ1) is 15.3. The highest BCUT2D eigenvalue weighted by Crippen LogP contribution is 2.42. The third kappa shape index (κ3) is 2.54. The van der Waals surface area contributed by atoms with E-state index in [-0.39, 0.29) is 12.8 Å². The number of aromatic nitrogens is 3. The van der Waals surface area contributed by atoms with Crippen LogP contribution in [0, 0.1) is 0 Å². The largest absolute Gasteiger partial charge is 0.394 e. The molecule has 7 heteroatoms. The highest BCUT2D eigenvalue weighted by molar-refractivity contribution is 6.34. The van der Waals surface area contributed by atoms with Crippen molar-refractivity contribution < 1.29 is 14.9 Å². The van der Waals surface area contributed by atoms with Crippen LogP contribution in [0.2, 0.25) is 5.15 Å². The average Bonchev–Trinajstić information content (AvgIpc) is 3.24. The summed E-state index contributed by atoms with van der Waals surface area (Å²) in [5, 5.41) is 20.7. The fraction of sp³-hybridized carbons (Fsp3) is 0.625. The Bertz CT molecular complexity index is 714. The van der Waals surface area contributed by atoms with Crippen molar-refractivity contribution in [3.63, 3.8) is 0 Å². The SMILES string of the molecule is OC[C@H]1O[C@@H](n2cc(C3CCCC3)c3c(Cl)ncnc32)C[C@@H]1O. The summed E-state index contributed by atoms with van der Waals surface area (Å²) in [5.41, 5.74) is 1.91. The predicted octanol–water partition coefficient (Wildman–Crippen LogP) is 2.38. The average molecular weight is 338 g/mol. The fourth-order valence-corrected chi connectivity index (χ4v) is 4.13. The predicted molar refractivity (Wildman–Crippen MR) is 85.4 cm³/mol. The number of aliphatic hydroxyl groups excluding tert-OH is 2. The standard InChI is InChI=1S/C16H20ClN3O3/c17-15-14-10(9-3-1-2-4-9)6-20(16(14)19-8-18-15)13-5-11(22)12(7-21)23-13/h6,8-9,11-13,21-22H,1-5,7H2/t11-,12+,13+/m0/s1. The lowest BCUT2D eigenvalue weighted by atomic mass is 9.98. The second-order valence-corrected chi connectivity index (χ2v) is 6.81. The zero-order chi connectivity index (χ0) is 16.0. The van der Waals surface area contributed by atoms with E-state index in [0.717, 1.165) is 23.9 Å². The van der Waals surface area contributed by atoms with Crippen molar-refractivity contribution >= 4 is 22.6 Å². The van der Waals surface area contributed by atoms with Gasteiger partial charge in [0, 0.05) is 12.6 Å². The molecule has 23 heavy (non-hydrogen) atoms. The monoisotopic (exact) mass is 337 g/mol. The molecule has 3 atom stereocenters. The molecule has 124 valence electrons. The maximum absolute atomic E-state index is 10.0. The minimum Gasteiger partial charge on any atom is -0.394 e. The van der Waals surface area contributed by atoms with Gasteiger partial charge in [-0.05, 0) is 24.3 Å². The molecule has 1 aliphatic heterocycles. The molecular formula is C16H20ClN3O3. The van der Waals surface area contributed by atoms with E-state index in [0.29, 0.717) is 17.5 Å². The van der Waals surface area contributed by atoms with Gasteiger partial charge in [-0.1, -0.05) is 24.4 Å². The molecular weight excluding hydrogens is 318 g/mol. The van der Waals surface area contributed by atoms with Crippen LogP contribution < -0.4 is 0 Å². The van der Waals surface area contributed by atoms with E-state index >= 15 is 0 Å². The van der Waals surface area contributed by atoms with Gasteiger partial charge >= 0.3 is 0 Å². The third-order valence-corrected chi connectivity index (χ3v) is 5.37. The molecule has 0 radical (unpaired) electrons. The Hall–Kier alpha value is -1.21. The minimum atomic E-state index is -0.672. The molecule has 2 aromatic rings. The highest BCUT2D eigenvalue weighted by Gasteiger charge is 2.36. The van der Waals surface area contributed by atoms with Crippen LogP contribution in [0.4, 0.5) is 0 Å². The van der Waals surface area contributed by atoms with Crippen LogP contribution in [0.15, 0.2) is 12.5 Å². The van der Waals surface area contributed by atoms with Crippen molar-refractivity contribution in [2.75, 3.05) is 6.61 Å². The van der Waals surface area contributed by atoms with Crippen LogP contribution in [0.25, 0.3) is 11.0 Å². The van der Waals surface area contributed by atoms with Crippen molar-refractivity contribution in [3.8, 4) is 0 Å². The summed E-state index contributed by atoms with van der Waals surface area (Å²) < 4.78 is 7.73. The minimum absolute atomic E-state index is 0.192. The van der Waals surface area contributed by atoms with E-state index in [1.54, 1.807) is 0 Å². The zero-order valence-electron chi connectivity index (χ0n) is 12.7. The van der Waals surface area contributed by atoms with Gasteiger partial charge in [0.25, 0.3) is 0 Å². The second kappa shape index (κ2) is 6.02. The van der Waals surface area contributed by atoms with Crippen molar-refractivity contribution in [2.45, 2.75) is 56.5 Å². The number of ether oxygens (including phenoxy) is 1. The maximum Gasteiger partial charge on any atom is 0.147 e. The number of fused-ring (bicyclic) bond motifs is 1. The first-order valence-corrected chi connectivity index (χ1v) is 8.52. The number of halogens is 1. The van der Waals surface area contributed by atoms with E-state index < -0.39 is 12.2 Å². The zero-order valence-corrected chi connectivity index (χ0v) is 13.5. The van der Waals surface area contributed by atoms with E-state index in [1.165, 1.54) is 24.7 Å². The lowest BCUT2D eigenvalue weighted by Crippen LogP contribution is -2.24. The molecule has 1 aliphatic carbocycles. The quantitative estimate of drug-likeness (QED) is 0.840. The Morgan fingerprint density at radius 2 is 2.09 bits per heavy atom. The van der Waals surface area contributed by atoms with Crippen LogP contribution in [0.5, 0.6) is 0 Å². The van der Waals surface area contributed by atoms with Crippen molar-refractivity contribution in [3.05, 3.63) is 23.2 Å². The Labute approximate surface area is 139 Å². The van der Waals surface area contributed by atoms with Crippen LogP contribution in [0.3, 0.4) is 0 Å². The molecule has 2 aliphatic rings. The molecule has 0 bridgehead atoms. The smallest absolute Gasteiger partial charge is 0.147 e. The molecule has 4 rings (SSSR count). The lowest BCUT2D eigenvalue weighted by molar-refractivity contribution is -0.0431. The van der Waals surface area contributed by atoms with Gasteiger partial charge in [0.05, 0.1) is 18.1 Å². The van der Waals surface area contributed by atoms with Crippen molar-refractivity contribution in [1.29, 1.82) is 0 Å². The highest BCUT2D eigenvalue weighted by atomic mass is 35.5. The van der Waals surface area contributed by atoms with Gasteiger partial charge in [0.2, 0.25) is 0 Å². The van der Waals surface area contributed by atoms with E-state index in [2.05, 4.69) is 16.2 Å². The molecule has 6 nitrogen and oxygen atoms in total. The lowest BCUT2D eigenvalue weighted by Gasteiger charge is -2.14. The molecule has 3 heterocycles. The topological polar surface area (TPSA) is 80.4 Å². The van der Waals surface area contributed by atoms with Crippen molar-refractivity contribution in [2.24, 2.45) is 0 Å². The molecule has 2 aromatic heterocycles. The number of nitrogens with zero attached hydrogens (tertiary/aromatic N) is 3. The molecule has 0 amide bonds. The molecule has 1 saturated heterocycles. The Morgan fingerprint density at radius 1 is 1.30 bits per heavy atom. The van der Waals surface area contributed by atoms with Crippen LogP contribution in [-0.4, -0.2) is 43.6 Å². The molecule has 1 saturated carbocycles. The molecule has 0 aromatic carbocycles. The summed E-state index contributed by atoms with van der Waals surface area (Å²) in [7, 11) is 0. The fourth-order valence-electron chi connectivity index (χ4n) is 3.89. The maximum atomic E-state index is 10.0.